The Hall–Kier alpha value is -1.56. The summed E-state index contributed by atoms with van der Waals surface area (Å²) in [6, 6.07) is 4.82. The van der Waals surface area contributed by atoms with Crippen LogP contribution in [0.4, 0.5) is 5.82 Å². The van der Waals surface area contributed by atoms with Crippen LogP contribution in [0.3, 0.4) is 0 Å². The van der Waals surface area contributed by atoms with E-state index in [1.165, 1.54) is 12.8 Å². The van der Waals surface area contributed by atoms with E-state index in [0.717, 1.165) is 29.9 Å². The molecule has 0 atom stereocenters. The molecule has 0 spiro atoms. The standard InChI is InChI=1S/C15H21N3/c1-11(2)7-9-18(13-4-5-13)15-14(10-16)12(3)6-8-17-15/h6,8,11,13H,4-5,7,9H2,1-3H3. The zero-order valence-corrected chi connectivity index (χ0v) is 11.5. The minimum atomic E-state index is 0.602. The highest BCUT2D eigenvalue weighted by Crippen LogP contribution is 2.33. The van der Waals surface area contributed by atoms with Gasteiger partial charge >= 0.3 is 0 Å². The van der Waals surface area contributed by atoms with Crippen LogP contribution in [0.25, 0.3) is 0 Å². The van der Waals surface area contributed by atoms with Gasteiger partial charge in [0.15, 0.2) is 0 Å². The van der Waals surface area contributed by atoms with Gasteiger partial charge in [-0.3, -0.25) is 0 Å². The normalized spacial score (nSPS) is 14.6. The number of hydrogen-bond acceptors (Lipinski definition) is 3. The molecular formula is C15H21N3. The molecule has 1 aromatic rings. The van der Waals surface area contributed by atoms with Crippen molar-refractivity contribution in [2.24, 2.45) is 5.92 Å². The first kappa shape index (κ1) is 12.9. The maximum absolute atomic E-state index is 9.31. The number of anilines is 1. The van der Waals surface area contributed by atoms with Gasteiger partial charge in [-0.25, -0.2) is 4.98 Å². The third-order valence-electron chi connectivity index (χ3n) is 3.46. The van der Waals surface area contributed by atoms with Gasteiger partial charge in [-0.2, -0.15) is 5.26 Å². The molecule has 1 aliphatic carbocycles. The Kier molecular flexibility index (Phi) is 3.86. The van der Waals surface area contributed by atoms with E-state index in [2.05, 4.69) is 29.8 Å². The average molecular weight is 243 g/mol. The highest BCUT2D eigenvalue weighted by Gasteiger charge is 2.31. The summed E-state index contributed by atoms with van der Waals surface area (Å²) in [5.74, 6) is 1.57. The largest absolute Gasteiger partial charge is 0.353 e. The van der Waals surface area contributed by atoms with E-state index in [0.29, 0.717) is 12.0 Å². The number of hydrogen-bond donors (Lipinski definition) is 0. The summed E-state index contributed by atoms with van der Waals surface area (Å²) in [6.07, 6.45) is 5.43. The molecule has 0 unspecified atom stereocenters. The fourth-order valence-corrected chi connectivity index (χ4v) is 2.14. The van der Waals surface area contributed by atoms with Gasteiger partial charge in [0.2, 0.25) is 0 Å². The molecule has 2 rings (SSSR count). The molecule has 3 heteroatoms. The van der Waals surface area contributed by atoms with Crippen molar-refractivity contribution in [1.82, 2.24) is 4.98 Å². The number of nitriles is 1. The van der Waals surface area contributed by atoms with E-state index in [4.69, 9.17) is 0 Å². The first-order valence-corrected chi connectivity index (χ1v) is 6.75. The lowest BCUT2D eigenvalue weighted by Gasteiger charge is -2.25. The Balaban J connectivity index is 2.25. The molecular weight excluding hydrogens is 222 g/mol. The third-order valence-corrected chi connectivity index (χ3v) is 3.46. The Morgan fingerprint density at radius 1 is 1.50 bits per heavy atom. The molecule has 0 radical (unpaired) electrons. The topological polar surface area (TPSA) is 39.9 Å². The fourth-order valence-electron chi connectivity index (χ4n) is 2.14. The minimum Gasteiger partial charge on any atom is -0.353 e. The second-order valence-electron chi connectivity index (χ2n) is 5.55. The summed E-state index contributed by atoms with van der Waals surface area (Å²) in [5.41, 5.74) is 1.77. The second-order valence-corrected chi connectivity index (χ2v) is 5.55. The first-order valence-electron chi connectivity index (χ1n) is 6.75. The smallest absolute Gasteiger partial charge is 0.146 e. The van der Waals surface area contributed by atoms with Crippen LogP contribution in [-0.2, 0) is 0 Å². The van der Waals surface area contributed by atoms with Gasteiger partial charge in [-0.1, -0.05) is 13.8 Å². The van der Waals surface area contributed by atoms with Gasteiger partial charge in [0.05, 0.1) is 5.56 Å². The fraction of sp³-hybridized carbons (Fsp3) is 0.600. The molecule has 3 nitrogen and oxygen atoms in total. The molecule has 0 amide bonds. The van der Waals surface area contributed by atoms with Crippen molar-refractivity contribution in [2.45, 2.75) is 46.1 Å². The van der Waals surface area contributed by atoms with E-state index in [-0.39, 0.29) is 0 Å². The van der Waals surface area contributed by atoms with Gasteiger partial charge < -0.3 is 4.90 Å². The minimum absolute atomic E-state index is 0.602. The van der Waals surface area contributed by atoms with E-state index >= 15 is 0 Å². The summed E-state index contributed by atoms with van der Waals surface area (Å²) in [5, 5.41) is 9.31. The van der Waals surface area contributed by atoms with Crippen LogP contribution in [0.1, 0.15) is 44.2 Å². The SMILES string of the molecule is Cc1ccnc(N(CCC(C)C)C2CC2)c1C#N. The Bertz CT molecular complexity index is 455. The molecule has 0 aromatic carbocycles. The van der Waals surface area contributed by atoms with Crippen LogP contribution in [0.15, 0.2) is 12.3 Å². The molecule has 0 saturated heterocycles. The average Bonchev–Trinajstić information content (AvgIpc) is 3.13. The summed E-state index contributed by atoms with van der Waals surface area (Å²) < 4.78 is 0. The van der Waals surface area contributed by atoms with Gasteiger partial charge in [0, 0.05) is 18.8 Å². The Labute approximate surface area is 109 Å². The molecule has 1 saturated carbocycles. The number of aromatic nitrogens is 1. The van der Waals surface area contributed by atoms with E-state index < -0.39 is 0 Å². The maximum atomic E-state index is 9.31. The maximum Gasteiger partial charge on any atom is 0.146 e. The highest BCUT2D eigenvalue weighted by molar-refractivity contribution is 5.58. The number of rotatable bonds is 5. The van der Waals surface area contributed by atoms with Crippen LogP contribution < -0.4 is 4.90 Å². The second kappa shape index (κ2) is 5.39. The van der Waals surface area contributed by atoms with Crippen LogP contribution >= 0.6 is 0 Å². The highest BCUT2D eigenvalue weighted by atomic mass is 15.2. The van der Waals surface area contributed by atoms with Crippen molar-refractivity contribution in [1.29, 1.82) is 5.26 Å². The molecule has 0 bridgehead atoms. The Morgan fingerprint density at radius 3 is 2.78 bits per heavy atom. The zero-order chi connectivity index (χ0) is 13.1. The number of aryl methyl sites for hydroxylation is 1. The summed E-state index contributed by atoms with van der Waals surface area (Å²) >= 11 is 0. The van der Waals surface area contributed by atoms with Gasteiger partial charge in [0.25, 0.3) is 0 Å². The zero-order valence-electron chi connectivity index (χ0n) is 11.5. The molecule has 18 heavy (non-hydrogen) atoms. The van der Waals surface area contributed by atoms with Crippen molar-refractivity contribution in [3.05, 3.63) is 23.4 Å². The van der Waals surface area contributed by atoms with Gasteiger partial charge in [-0.05, 0) is 43.7 Å². The van der Waals surface area contributed by atoms with Crippen LogP contribution in [-0.4, -0.2) is 17.6 Å². The molecule has 96 valence electrons. The lowest BCUT2D eigenvalue weighted by atomic mass is 10.1. The molecule has 0 N–H and O–H groups in total. The lowest BCUT2D eigenvalue weighted by Crippen LogP contribution is -2.29. The van der Waals surface area contributed by atoms with Crippen molar-refractivity contribution in [2.75, 3.05) is 11.4 Å². The van der Waals surface area contributed by atoms with Crippen molar-refractivity contribution >= 4 is 5.82 Å². The molecule has 1 heterocycles. The van der Waals surface area contributed by atoms with Gasteiger partial charge in [-0.15, -0.1) is 0 Å². The van der Waals surface area contributed by atoms with Crippen LogP contribution in [0.5, 0.6) is 0 Å². The number of pyridine rings is 1. The van der Waals surface area contributed by atoms with E-state index in [9.17, 15) is 5.26 Å². The quantitative estimate of drug-likeness (QED) is 0.796. The van der Waals surface area contributed by atoms with E-state index in [1.807, 2.05) is 19.2 Å². The van der Waals surface area contributed by atoms with Crippen molar-refractivity contribution in [3.63, 3.8) is 0 Å². The summed E-state index contributed by atoms with van der Waals surface area (Å²) in [4.78, 5) is 6.79. The summed E-state index contributed by atoms with van der Waals surface area (Å²) in [6.45, 7) is 7.46. The Morgan fingerprint density at radius 2 is 2.22 bits per heavy atom. The van der Waals surface area contributed by atoms with Crippen molar-refractivity contribution in [3.8, 4) is 6.07 Å². The predicted molar refractivity (Wildman–Crippen MR) is 73.5 cm³/mol. The first-order chi connectivity index (χ1) is 8.63. The number of nitrogens with zero attached hydrogens (tertiary/aromatic N) is 3. The monoisotopic (exact) mass is 243 g/mol. The molecule has 0 aliphatic heterocycles. The molecule has 1 fully saturated rings. The van der Waals surface area contributed by atoms with Crippen LogP contribution in [0.2, 0.25) is 0 Å². The van der Waals surface area contributed by atoms with Crippen LogP contribution in [0, 0.1) is 24.2 Å². The molecule has 1 aromatic heterocycles. The lowest BCUT2D eigenvalue weighted by molar-refractivity contribution is 0.568. The summed E-state index contributed by atoms with van der Waals surface area (Å²) in [7, 11) is 0. The van der Waals surface area contributed by atoms with Gasteiger partial charge in [0.1, 0.15) is 11.9 Å². The van der Waals surface area contributed by atoms with E-state index in [1.54, 1.807) is 0 Å². The molecule has 1 aliphatic rings. The third kappa shape index (κ3) is 2.81. The predicted octanol–water partition coefficient (Wildman–Crippen LogP) is 3.28. The van der Waals surface area contributed by atoms with Crippen molar-refractivity contribution < 1.29 is 0 Å².